The molecule has 4 rings (SSSR count). The lowest BCUT2D eigenvalue weighted by molar-refractivity contribution is 0.0990. The zero-order valence-corrected chi connectivity index (χ0v) is 13.9. The molecule has 0 radical (unpaired) electrons. The van der Waals surface area contributed by atoms with Gasteiger partial charge in [-0.1, -0.05) is 66.4 Å². The first-order valence-electron chi connectivity index (χ1n) is 7.75. The molecule has 116 valence electrons. The van der Waals surface area contributed by atoms with Crippen molar-refractivity contribution < 1.29 is 9.59 Å². The molecule has 0 spiro atoms. The Morgan fingerprint density at radius 2 is 1.42 bits per heavy atom. The zero-order valence-electron chi connectivity index (χ0n) is 13.1. The quantitative estimate of drug-likeness (QED) is 0.540. The van der Waals surface area contributed by atoms with Gasteiger partial charge in [0.1, 0.15) is 0 Å². The molecule has 1 aliphatic carbocycles. The Balaban J connectivity index is 2.00. The molecule has 2 nitrogen and oxygen atoms in total. The third kappa shape index (κ3) is 2.21. The van der Waals surface area contributed by atoms with E-state index >= 15 is 0 Å². The average Bonchev–Trinajstić information content (AvgIpc) is 2.86. The standard InChI is InChI=1S/C21H14O2S/c1-2-7-13-12-17(14-8-5-6-11-18(14)24-13)19-20(22)15-9-3-4-10-16(15)21(19)23/h2-12H,1H3/b7-2+. The molecular formula is C21H14O2S. The van der Waals surface area contributed by atoms with Crippen molar-refractivity contribution in [3.05, 3.63) is 93.9 Å². The van der Waals surface area contributed by atoms with Crippen LogP contribution in [0.4, 0.5) is 0 Å². The van der Waals surface area contributed by atoms with Gasteiger partial charge in [-0.3, -0.25) is 9.59 Å². The SMILES string of the molecule is C/C=C/C1=CC(=C2C(=O)c3ccccc3C2=O)c2ccccc2S1. The van der Waals surface area contributed by atoms with Crippen molar-refractivity contribution in [3.63, 3.8) is 0 Å². The number of hydrogen-bond acceptors (Lipinski definition) is 3. The van der Waals surface area contributed by atoms with E-state index in [0.717, 1.165) is 20.9 Å². The number of carbonyl (C=O) groups excluding carboxylic acids is 2. The number of carbonyl (C=O) groups is 2. The molecule has 0 bridgehead atoms. The summed E-state index contributed by atoms with van der Waals surface area (Å²) in [5.74, 6) is -0.355. The maximum atomic E-state index is 12.8. The highest BCUT2D eigenvalue weighted by molar-refractivity contribution is 8.03. The number of benzene rings is 2. The maximum absolute atomic E-state index is 12.8. The summed E-state index contributed by atoms with van der Waals surface area (Å²) in [6, 6.07) is 14.9. The number of hydrogen-bond donors (Lipinski definition) is 0. The minimum Gasteiger partial charge on any atom is -0.288 e. The molecule has 2 aromatic rings. The van der Waals surface area contributed by atoms with E-state index in [1.807, 2.05) is 49.4 Å². The first-order chi connectivity index (χ1) is 11.7. The van der Waals surface area contributed by atoms with Crippen LogP contribution in [-0.2, 0) is 0 Å². The minimum atomic E-state index is -0.177. The lowest BCUT2D eigenvalue weighted by atomic mass is 9.95. The van der Waals surface area contributed by atoms with E-state index in [4.69, 9.17) is 0 Å². The lowest BCUT2D eigenvalue weighted by Gasteiger charge is -2.18. The maximum Gasteiger partial charge on any atom is 0.198 e. The Kier molecular flexibility index (Phi) is 3.58. The molecule has 1 aliphatic heterocycles. The van der Waals surface area contributed by atoms with Gasteiger partial charge < -0.3 is 0 Å². The van der Waals surface area contributed by atoms with E-state index in [1.54, 1.807) is 36.0 Å². The van der Waals surface area contributed by atoms with Crippen LogP contribution >= 0.6 is 11.8 Å². The van der Waals surface area contributed by atoms with Gasteiger partial charge in [0.25, 0.3) is 0 Å². The van der Waals surface area contributed by atoms with E-state index in [0.29, 0.717) is 11.1 Å². The highest BCUT2D eigenvalue weighted by Crippen LogP contribution is 2.43. The second-order valence-corrected chi connectivity index (χ2v) is 6.75. The third-order valence-corrected chi connectivity index (χ3v) is 5.23. The highest BCUT2D eigenvalue weighted by atomic mass is 32.2. The van der Waals surface area contributed by atoms with Crippen LogP contribution in [0.2, 0.25) is 0 Å². The van der Waals surface area contributed by atoms with Gasteiger partial charge in [0, 0.05) is 20.9 Å². The van der Waals surface area contributed by atoms with Crippen molar-refractivity contribution in [2.75, 3.05) is 0 Å². The summed E-state index contributed by atoms with van der Waals surface area (Å²) in [6.07, 6.45) is 5.91. The summed E-state index contributed by atoms with van der Waals surface area (Å²) in [7, 11) is 0. The Morgan fingerprint density at radius 1 is 0.833 bits per heavy atom. The molecule has 0 fully saturated rings. The molecule has 0 atom stereocenters. The van der Waals surface area contributed by atoms with Crippen LogP contribution in [0.25, 0.3) is 5.57 Å². The fourth-order valence-corrected chi connectivity index (χ4v) is 4.17. The van der Waals surface area contributed by atoms with Crippen molar-refractivity contribution in [2.45, 2.75) is 11.8 Å². The Morgan fingerprint density at radius 3 is 2.04 bits per heavy atom. The van der Waals surface area contributed by atoms with Crippen LogP contribution in [0, 0.1) is 0 Å². The van der Waals surface area contributed by atoms with Crippen LogP contribution in [0.5, 0.6) is 0 Å². The second-order valence-electron chi connectivity index (χ2n) is 5.64. The van der Waals surface area contributed by atoms with E-state index in [-0.39, 0.29) is 17.1 Å². The van der Waals surface area contributed by atoms with Crippen molar-refractivity contribution in [1.82, 2.24) is 0 Å². The lowest BCUT2D eigenvalue weighted by Crippen LogP contribution is -2.06. The van der Waals surface area contributed by atoms with Crippen LogP contribution in [0.3, 0.4) is 0 Å². The van der Waals surface area contributed by atoms with Crippen LogP contribution < -0.4 is 0 Å². The average molecular weight is 330 g/mol. The fourth-order valence-electron chi connectivity index (χ4n) is 3.10. The van der Waals surface area contributed by atoms with Crippen LogP contribution in [0.15, 0.2) is 82.1 Å². The van der Waals surface area contributed by atoms with Gasteiger partial charge in [0.15, 0.2) is 11.6 Å². The minimum absolute atomic E-state index is 0.177. The number of rotatable bonds is 1. The predicted octanol–water partition coefficient (Wildman–Crippen LogP) is 5.09. The van der Waals surface area contributed by atoms with Crippen LogP contribution in [0.1, 0.15) is 33.2 Å². The Labute approximate surface area is 144 Å². The van der Waals surface area contributed by atoms with Gasteiger partial charge in [-0.2, -0.15) is 0 Å². The Bertz CT molecular complexity index is 940. The molecule has 0 amide bonds. The van der Waals surface area contributed by atoms with E-state index < -0.39 is 0 Å². The topological polar surface area (TPSA) is 34.1 Å². The molecule has 0 aromatic heterocycles. The summed E-state index contributed by atoms with van der Waals surface area (Å²) in [4.78, 5) is 27.8. The molecule has 3 heteroatoms. The summed E-state index contributed by atoms with van der Waals surface area (Å²) in [5, 5.41) is 0. The fraction of sp³-hybridized carbons (Fsp3) is 0.0476. The van der Waals surface area contributed by atoms with Gasteiger partial charge in [-0.25, -0.2) is 0 Å². The zero-order chi connectivity index (χ0) is 16.7. The molecule has 1 heterocycles. The monoisotopic (exact) mass is 330 g/mol. The van der Waals surface area contributed by atoms with Gasteiger partial charge in [-0.05, 0) is 30.2 Å². The van der Waals surface area contributed by atoms with Crippen LogP contribution in [-0.4, -0.2) is 11.6 Å². The smallest absolute Gasteiger partial charge is 0.198 e. The normalized spacial score (nSPS) is 16.5. The molecule has 2 aliphatic rings. The molecule has 0 saturated heterocycles. The number of fused-ring (bicyclic) bond motifs is 2. The number of allylic oxidation sites excluding steroid dienone is 5. The molecule has 0 N–H and O–H groups in total. The number of thioether (sulfide) groups is 1. The van der Waals surface area contributed by atoms with Crippen molar-refractivity contribution in [2.24, 2.45) is 0 Å². The molecular weight excluding hydrogens is 316 g/mol. The van der Waals surface area contributed by atoms with E-state index in [9.17, 15) is 9.59 Å². The first kappa shape index (κ1) is 14.9. The van der Waals surface area contributed by atoms with Crippen molar-refractivity contribution in [3.8, 4) is 0 Å². The van der Waals surface area contributed by atoms with Gasteiger partial charge >= 0.3 is 0 Å². The number of Topliss-reactive ketones (excluding diaryl/α,β-unsaturated/α-hetero) is 2. The first-order valence-corrected chi connectivity index (χ1v) is 8.56. The molecule has 24 heavy (non-hydrogen) atoms. The van der Waals surface area contributed by atoms with Gasteiger partial charge in [0.2, 0.25) is 0 Å². The molecule has 2 aromatic carbocycles. The van der Waals surface area contributed by atoms with Crippen molar-refractivity contribution >= 4 is 28.9 Å². The van der Waals surface area contributed by atoms with Crippen molar-refractivity contribution in [1.29, 1.82) is 0 Å². The van der Waals surface area contributed by atoms with Gasteiger partial charge in [-0.15, -0.1) is 0 Å². The summed E-state index contributed by atoms with van der Waals surface area (Å²) >= 11 is 1.65. The third-order valence-electron chi connectivity index (χ3n) is 4.16. The number of ketones is 2. The van der Waals surface area contributed by atoms with E-state index in [1.165, 1.54) is 0 Å². The second kappa shape index (κ2) is 5.77. The summed E-state index contributed by atoms with van der Waals surface area (Å²) < 4.78 is 0. The Hall–Kier alpha value is -2.65. The highest BCUT2D eigenvalue weighted by Gasteiger charge is 2.36. The molecule has 0 unspecified atom stereocenters. The molecule has 0 saturated carbocycles. The van der Waals surface area contributed by atoms with E-state index in [2.05, 4.69) is 0 Å². The predicted molar refractivity (Wildman–Crippen MR) is 97.2 cm³/mol. The largest absolute Gasteiger partial charge is 0.288 e. The summed E-state index contributed by atoms with van der Waals surface area (Å²) in [6.45, 7) is 1.95. The summed E-state index contributed by atoms with van der Waals surface area (Å²) in [5.41, 5.74) is 2.96. The van der Waals surface area contributed by atoms with Gasteiger partial charge in [0.05, 0.1) is 5.57 Å².